The molecule has 0 aliphatic heterocycles. The van der Waals surface area contributed by atoms with Crippen LogP contribution in [0.4, 0.5) is 0 Å². The van der Waals surface area contributed by atoms with Crippen molar-refractivity contribution in [2.75, 3.05) is 0 Å². The third-order valence-corrected chi connectivity index (χ3v) is 44.1. The van der Waals surface area contributed by atoms with Gasteiger partial charge in [0.1, 0.15) is 0 Å². The molecule has 0 saturated heterocycles. The van der Waals surface area contributed by atoms with Crippen LogP contribution >= 0.6 is 0 Å². The molecule has 0 bridgehead atoms. The zero-order valence-electron chi connectivity index (χ0n) is 53.6. The third kappa shape index (κ3) is 10.1. The van der Waals surface area contributed by atoms with Crippen molar-refractivity contribution in [2.24, 2.45) is 0 Å². The molecule has 0 fully saturated rings. The van der Waals surface area contributed by atoms with Crippen LogP contribution in [0, 0.1) is 41.5 Å². The summed E-state index contributed by atoms with van der Waals surface area (Å²) < 4.78 is 0. The van der Waals surface area contributed by atoms with Gasteiger partial charge >= 0.3 is 0 Å². The van der Waals surface area contributed by atoms with Crippen LogP contribution in [0.2, 0.25) is 182 Å². The number of hydrogen-bond acceptors (Lipinski definition) is 0. The highest BCUT2D eigenvalue weighted by Crippen LogP contribution is 2.53. The molecule has 392 valence electrons. The van der Waals surface area contributed by atoms with Crippen LogP contribution in [0.3, 0.4) is 0 Å². The summed E-state index contributed by atoms with van der Waals surface area (Å²) in [6.45, 7) is 101. The Morgan fingerprint density at radius 1 is 0.243 bits per heavy atom. The van der Waals surface area contributed by atoms with Gasteiger partial charge in [-0.2, -0.15) is 0 Å². The van der Waals surface area contributed by atoms with E-state index >= 15 is 0 Å². The predicted octanol–water partition coefficient (Wildman–Crippen LogP) is 12.0. The molecule has 10 heteroatoms. The average molecular weight is 1110 g/mol. The van der Waals surface area contributed by atoms with Crippen LogP contribution in [0.15, 0.2) is 22.8 Å². The van der Waals surface area contributed by atoms with Gasteiger partial charge < -0.3 is 0 Å². The lowest BCUT2D eigenvalue weighted by molar-refractivity contribution is 0.871. The molecular weight excluding hydrogens is 1000 g/mol. The fourth-order valence-corrected chi connectivity index (χ4v) is 57.7. The minimum Gasteiger partial charge on any atom is -0.0730 e. The Bertz CT molecular complexity index is 2430. The quantitative estimate of drug-likeness (QED) is 0.118. The number of hydrogen-bond donors (Lipinski definition) is 0. The molecule has 0 heterocycles. The smallest absolute Gasteiger partial charge is 0.0730 e. The first-order valence-corrected chi connectivity index (χ1v) is 61.1. The fourth-order valence-electron chi connectivity index (χ4n) is 14.9. The molecule has 4 rings (SSSR count). The van der Waals surface area contributed by atoms with Crippen molar-refractivity contribution in [3.8, 4) is 0 Å². The van der Waals surface area contributed by atoms with Crippen LogP contribution in [0.25, 0.3) is 0 Å². The number of allylic oxidation sites excluding steroid dienone is 4. The largest absolute Gasteiger partial charge is 0.161 e. The van der Waals surface area contributed by atoms with Crippen LogP contribution in [-0.4, -0.2) is 80.7 Å². The lowest BCUT2D eigenvalue weighted by atomic mass is 10.0. The van der Waals surface area contributed by atoms with Crippen LogP contribution in [0.5, 0.6) is 0 Å². The summed E-state index contributed by atoms with van der Waals surface area (Å²) in [5.74, 6) is 0. The normalized spacial score (nSPS) is 17.6. The number of rotatable bonds is 13. The summed E-state index contributed by atoms with van der Waals surface area (Å²) in [4.78, 5) is 0. The summed E-state index contributed by atoms with van der Waals surface area (Å²) >= 11 is 0. The molecule has 0 nitrogen and oxygen atoms in total. The van der Waals surface area contributed by atoms with Gasteiger partial charge in [0.05, 0.1) is 72.7 Å². The van der Waals surface area contributed by atoms with Crippen LogP contribution in [-0.2, 0) is 0 Å². The zero-order valence-corrected chi connectivity index (χ0v) is 63.6. The average Bonchev–Trinajstić information content (AvgIpc) is 3.29. The molecule has 0 N–H and O–H groups in total. The van der Waals surface area contributed by atoms with Gasteiger partial charge in [0.15, 0.2) is 8.07 Å². The van der Waals surface area contributed by atoms with E-state index < -0.39 is 80.7 Å². The highest BCUT2D eigenvalue weighted by atomic mass is 28.4. The monoisotopic (exact) mass is 1110 g/mol. The van der Waals surface area contributed by atoms with E-state index in [1.807, 2.05) is 62.2 Å². The molecule has 1 unspecified atom stereocenters. The maximum Gasteiger partial charge on any atom is 0.161 e. The molecule has 1 atom stereocenters. The second-order valence-corrected chi connectivity index (χ2v) is 81.6. The fraction of sp³-hybridized carbons (Fsp3) is 0.633. The maximum absolute atomic E-state index is 3.54. The Morgan fingerprint density at radius 3 is 0.529 bits per heavy atom. The minimum absolute atomic E-state index is 0.231. The Balaban J connectivity index is 3.27. The van der Waals surface area contributed by atoms with Crippen LogP contribution in [0.1, 0.15) is 61.1 Å². The highest BCUT2D eigenvalue weighted by Gasteiger charge is 2.65. The van der Waals surface area contributed by atoms with Crippen molar-refractivity contribution in [1.29, 1.82) is 0 Å². The summed E-state index contributed by atoms with van der Waals surface area (Å²) in [5.41, 5.74) is 14.8. The molecule has 70 heavy (non-hydrogen) atoms. The Kier molecular flexibility index (Phi) is 16.4. The maximum atomic E-state index is 3.01. The van der Waals surface area contributed by atoms with Gasteiger partial charge in [0, 0.05) is 5.04 Å². The summed E-state index contributed by atoms with van der Waals surface area (Å²) in [6.07, 6.45) is 3.01. The van der Waals surface area contributed by atoms with Crippen molar-refractivity contribution in [3.63, 3.8) is 0 Å². The van der Waals surface area contributed by atoms with E-state index in [9.17, 15) is 0 Å². The lowest BCUT2D eigenvalue weighted by Crippen LogP contribution is -2.94. The first kappa shape index (κ1) is 61.9. The third-order valence-electron chi connectivity index (χ3n) is 17.3. The zero-order chi connectivity index (χ0) is 55.3. The van der Waals surface area contributed by atoms with Crippen LogP contribution < -0.4 is 62.2 Å². The second kappa shape index (κ2) is 18.5. The lowest BCUT2D eigenvalue weighted by Gasteiger charge is -2.58. The van der Waals surface area contributed by atoms with E-state index in [1.54, 1.807) is 44.5 Å². The molecule has 3 aromatic rings. The van der Waals surface area contributed by atoms with E-state index in [0.29, 0.717) is 0 Å². The van der Waals surface area contributed by atoms with Gasteiger partial charge in [-0.3, -0.25) is 0 Å². The summed E-state index contributed by atoms with van der Waals surface area (Å²) in [7, 11) is -22.6. The van der Waals surface area contributed by atoms with Gasteiger partial charge in [-0.05, 0) is 117 Å². The van der Waals surface area contributed by atoms with Crippen molar-refractivity contribution in [1.82, 2.24) is 0 Å². The van der Waals surface area contributed by atoms with E-state index in [4.69, 9.17) is 0 Å². The van der Waals surface area contributed by atoms with Gasteiger partial charge in [0.2, 0.25) is 0 Å². The Labute approximate surface area is 446 Å². The first-order valence-electron chi connectivity index (χ1n) is 27.6. The molecule has 0 spiro atoms. The topological polar surface area (TPSA) is 0 Å². The Morgan fingerprint density at radius 2 is 0.400 bits per heavy atom. The summed E-state index contributed by atoms with van der Waals surface area (Å²) in [5, 5.41) is 22.6. The van der Waals surface area contributed by atoms with Gasteiger partial charge in [-0.1, -0.05) is 248 Å². The summed E-state index contributed by atoms with van der Waals surface area (Å²) in [6, 6.07) is 0. The van der Waals surface area contributed by atoms with Gasteiger partial charge in [0.25, 0.3) is 0 Å². The van der Waals surface area contributed by atoms with Crippen molar-refractivity contribution in [2.45, 2.75) is 251 Å². The van der Waals surface area contributed by atoms with Crippen molar-refractivity contribution < 1.29 is 0 Å². The van der Waals surface area contributed by atoms with Gasteiger partial charge in [-0.25, -0.2) is 0 Å². The molecule has 1 aliphatic rings. The molecule has 0 aromatic heterocycles. The molecule has 1 aliphatic carbocycles. The van der Waals surface area contributed by atoms with E-state index in [2.05, 4.69) is 252 Å². The minimum atomic E-state index is -3.54. The van der Waals surface area contributed by atoms with E-state index in [1.165, 1.54) is 5.57 Å². The SMILES string of the molecule is CC1=CC(C)([Si](c2c([Si](C)(C)C)c(C)c(C)c([Si](C)(C)C)c2[Si](C)(C)C)(c2c([Si](C)(C)C)c(C)c(C)c([Si](C)(C)C)c2[Si](C)(C)C)c2c([Si](C)(C)C)c(C)c(C)c([Si](C)(C)C)c2[Si](C)(C)C)C(C)=C1C. The van der Waals surface area contributed by atoms with E-state index in [-0.39, 0.29) is 5.04 Å². The molecule has 0 radical (unpaired) electrons. The predicted molar refractivity (Wildman–Crippen MR) is 360 cm³/mol. The number of benzene rings is 3. The highest BCUT2D eigenvalue weighted by molar-refractivity contribution is 7.27. The molecule has 3 aromatic carbocycles. The standard InChI is InChI=1S/C60H112Si10/c1-39-38-60(10,47(9)40(39)2)70(57-51(64(20,21)22)44(6)41(3)48(61(11,12)13)54(57)67(29,30)31,58-52(65(23,24)25)45(7)42(4)49(62(14,15)16)55(58)68(32,33)34)59-53(66(26,27)28)46(8)43(5)50(63(17,18)19)56(59)69(35,36)37/h38H,1-37H3. The second-order valence-electron chi connectivity index (χ2n) is 32.5. The molecular formula is C60H112Si10. The van der Waals surface area contributed by atoms with E-state index in [0.717, 1.165) is 0 Å². The first-order chi connectivity index (χ1) is 30.6. The van der Waals surface area contributed by atoms with Crippen molar-refractivity contribution in [3.05, 3.63) is 56.2 Å². The van der Waals surface area contributed by atoms with Crippen molar-refractivity contribution >= 4 is 143 Å². The molecule has 0 saturated carbocycles. The van der Waals surface area contributed by atoms with Gasteiger partial charge in [-0.15, -0.1) is 0 Å². The Hall–Kier alpha value is -0.691. The molecule has 0 amide bonds.